The van der Waals surface area contributed by atoms with E-state index in [1.165, 1.54) is 0 Å². The molecule has 2 aromatic carbocycles. The summed E-state index contributed by atoms with van der Waals surface area (Å²) in [6.07, 6.45) is 0. The molecule has 0 fully saturated rings. The Morgan fingerprint density at radius 3 is 2.60 bits per heavy atom. The van der Waals surface area contributed by atoms with E-state index in [4.69, 9.17) is 23.1 Å². The molecule has 0 radical (unpaired) electrons. The lowest BCUT2D eigenvalue weighted by atomic mass is 10.1. The highest BCUT2D eigenvalue weighted by molar-refractivity contribution is 7.84. The van der Waals surface area contributed by atoms with Gasteiger partial charge in [-0.1, -0.05) is 23.7 Å². The van der Waals surface area contributed by atoms with E-state index in [0.29, 0.717) is 21.2 Å². The Labute approximate surface area is 124 Å². The summed E-state index contributed by atoms with van der Waals surface area (Å²) in [5.41, 5.74) is 12.6. The molecule has 2 aromatic rings. The van der Waals surface area contributed by atoms with E-state index in [1.54, 1.807) is 42.5 Å². The number of amides is 1. The number of carbonyl (C=O) groups excluding carboxylic acids is 1. The minimum Gasteiger partial charge on any atom is -0.398 e. The molecule has 2 rings (SSSR count). The number of nitrogen functional groups attached to an aromatic ring is 1. The van der Waals surface area contributed by atoms with Crippen molar-refractivity contribution < 1.29 is 9.00 Å². The van der Waals surface area contributed by atoms with Crippen molar-refractivity contribution in [2.24, 2.45) is 5.73 Å². The molecule has 0 aliphatic carbocycles. The number of primary amides is 1. The van der Waals surface area contributed by atoms with Crippen molar-refractivity contribution in [1.82, 2.24) is 0 Å². The van der Waals surface area contributed by atoms with Crippen LogP contribution < -0.4 is 11.5 Å². The summed E-state index contributed by atoms with van der Waals surface area (Å²) >= 11 is 5.81. The monoisotopic (exact) mass is 308 g/mol. The van der Waals surface area contributed by atoms with Crippen LogP contribution in [0.1, 0.15) is 15.9 Å². The first-order valence-electron chi connectivity index (χ1n) is 5.79. The molecule has 104 valence electrons. The fraction of sp³-hybridized carbons (Fsp3) is 0.0714. The number of halogens is 1. The quantitative estimate of drug-likeness (QED) is 0.850. The van der Waals surface area contributed by atoms with Gasteiger partial charge in [-0.15, -0.1) is 0 Å². The standard InChI is InChI=1S/C14H13ClN2O2S/c15-11-4-5-13(12(16)7-11)20(19)8-9-2-1-3-10(6-9)14(17)18/h1-7H,8,16H2,(H2,17,18). The Bertz CT molecular complexity index is 689. The predicted molar refractivity (Wildman–Crippen MR) is 80.9 cm³/mol. The molecule has 1 unspecified atom stereocenters. The highest BCUT2D eigenvalue weighted by atomic mass is 35.5. The zero-order valence-electron chi connectivity index (χ0n) is 10.5. The van der Waals surface area contributed by atoms with E-state index in [2.05, 4.69) is 0 Å². The number of anilines is 1. The summed E-state index contributed by atoms with van der Waals surface area (Å²) in [6.45, 7) is 0. The first-order valence-corrected chi connectivity index (χ1v) is 7.49. The van der Waals surface area contributed by atoms with Crippen molar-refractivity contribution in [3.8, 4) is 0 Å². The molecular weight excluding hydrogens is 296 g/mol. The van der Waals surface area contributed by atoms with Crippen LogP contribution in [0.15, 0.2) is 47.4 Å². The Hall–Kier alpha value is -1.85. The van der Waals surface area contributed by atoms with E-state index in [9.17, 15) is 9.00 Å². The lowest BCUT2D eigenvalue weighted by molar-refractivity contribution is 0.1000. The molecule has 0 aliphatic rings. The minimum absolute atomic E-state index is 0.257. The maximum atomic E-state index is 12.3. The van der Waals surface area contributed by atoms with Crippen LogP contribution in [0.3, 0.4) is 0 Å². The number of hydrogen-bond acceptors (Lipinski definition) is 3. The summed E-state index contributed by atoms with van der Waals surface area (Å²) in [6, 6.07) is 11.6. The molecule has 20 heavy (non-hydrogen) atoms. The van der Waals surface area contributed by atoms with Crippen molar-refractivity contribution in [2.45, 2.75) is 10.6 Å². The molecule has 1 amide bonds. The smallest absolute Gasteiger partial charge is 0.248 e. The Balaban J connectivity index is 2.23. The number of rotatable bonds is 4. The van der Waals surface area contributed by atoms with Gasteiger partial charge in [0, 0.05) is 16.3 Å². The first-order chi connectivity index (χ1) is 9.47. The molecule has 0 bridgehead atoms. The van der Waals surface area contributed by atoms with Gasteiger partial charge in [-0.25, -0.2) is 0 Å². The SMILES string of the molecule is NC(=O)c1cccc(CS(=O)c2ccc(Cl)cc2N)c1. The third kappa shape index (κ3) is 3.37. The lowest BCUT2D eigenvalue weighted by Crippen LogP contribution is -2.11. The highest BCUT2D eigenvalue weighted by Crippen LogP contribution is 2.23. The van der Waals surface area contributed by atoms with Gasteiger partial charge in [0.2, 0.25) is 5.91 Å². The van der Waals surface area contributed by atoms with Gasteiger partial charge in [0.15, 0.2) is 0 Å². The van der Waals surface area contributed by atoms with Crippen LogP contribution in [-0.2, 0) is 16.6 Å². The Kier molecular flexibility index (Phi) is 4.42. The molecular formula is C14H13ClN2O2S. The molecule has 0 spiro atoms. The van der Waals surface area contributed by atoms with Crippen LogP contribution in [-0.4, -0.2) is 10.1 Å². The lowest BCUT2D eigenvalue weighted by Gasteiger charge is -2.07. The van der Waals surface area contributed by atoms with Crippen molar-refractivity contribution >= 4 is 34.0 Å². The number of carbonyl (C=O) groups is 1. The van der Waals surface area contributed by atoms with Gasteiger partial charge in [0.1, 0.15) is 0 Å². The van der Waals surface area contributed by atoms with E-state index in [0.717, 1.165) is 5.56 Å². The molecule has 6 heteroatoms. The van der Waals surface area contributed by atoms with Gasteiger partial charge >= 0.3 is 0 Å². The van der Waals surface area contributed by atoms with Crippen LogP contribution >= 0.6 is 11.6 Å². The molecule has 0 aliphatic heterocycles. The van der Waals surface area contributed by atoms with Crippen LogP contribution in [0.5, 0.6) is 0 Å². The van der Waals surface area contributed by atoms with Crippen LogP contribution in [0.2, 0.25) is 5.02 Å². The minimum atomic E-state index is -1.31. The molecule has 0 saturated carbocycles. The van der Waals surface area contributed by atoms with Gasteiger partial charge in [-0.05, 0) is 35.9 Å². The molecule has 0 saturated heterocycles. The fourth-order valence-corrected chi connectivity index (χ4v) is 3.13. The number of nitrogens with two attached hydrogens (primary N) is 2. The second kappa shape index (κ2) is 6.07. The summed E-state index contributed by atoms with van der Waals surface area (Å²) in [7, 11) is -1.31. The second-order valence-corrected chi connectivity index (χ2v) is 6.09. The molecule has 4 N–H and O–H groups in total. The van der Waals surface area contributed by atoms with E-state index >= 15 is 0 Å². The molecule has 0 aromatic heterocycles. The zero-order valence-corrected chi connectivity index (χ0v) is 12.1. The second-order valence-electron chi connectivity index (χ2n) is 4.24. The van der Waals surface area contributed by atoms with Crippen LogP contribution in [0.25, 0.3) is 0 Å². The Morgan fingerprint density at radius 1 is 1.20 bits per heavy atom. The largest absolute Gasteiger partial charge is 0.398 e. The predicted octanol–water partition coefficient (Wildman–Crippen LogP) is 2.33. The first kappa shape index (κ1) is 14.6. The average molecular weight is 309 g/mol. The van der Waals surface area contributed by atoms with Crippen molar-refractivity contribution in [3.05, 3.63) is 58.6 Å². The Morgan fingerprint density at radius 2 is 1.95 bits per heavy atom. The maximum Gasteiger partial charge on any atom is 0.248 e. The van der Waals surface area contributed by atoms with E-state index in [-0.39, 0.29) is 5.75 Å². The third-order valence-electron chi connectivity index (χ3n) is 2.73. The third-order valence-corrected chi connectivity index (χ3v) is 4.42. The van der Waals surface area contributed by atoms with E-state index in [1.807, 2.05) is 0 Å². The number of benzene rings is 2. The summed E-state index contributed by atoms with van der Waals surface area (Å²) in [4.78, 5) is 11.6. The maximum absolute atomic E-state index is 12.3. The highest BCUT2D eigenvalue weighted by Gasteiger charge is 2.10. The van der Waals surface area contributed by atoms with Crippen molar-refractivity contribution in [2.75, 3.05) is 5.73 Å². The summed E-state index contributed by atoms with van der Waals surface area (Å²) < 4.78 is 12.3. The summed E-state index contributed by atoms with van der Waals surface area (Å²) in [5, 5.41) is 0.499. The van der Waals surface area contributed by atoms with Crippen molar-refractivity contribution in [3.63, 3.8) is 0 Å². The van der Waals surface area contributed by atoms with Gasteiger partial charge in [0.25, 0.3) is 0 Å². The normalized spacial score (nSPS) is 12.1. The fourth-order valence-electron chi connectivity index (χ4n) is 1.77. The van der Waals surface area contributed by atoms with Gasteiger partial charge in [-0.2, -0.15) is 0 Å². The topological polar surface area (TPSA) is 86.2 Å². The van der Waals surface area contributed by atoms with E-state index < -0.39 is 16.7 Å². The van der Waals surface area contributed by atoms with Gasteiger partial charge in [0.05, 0.1) is 21.4 Å². The van der Waals surface area contributed by atoms with Gasteiger partial charge in [-0.3, -0.25) is 9.00 Å². The molecule has 1 atom stereocenters. The number of hydrogen-bond donors (Lipinski definition) is 2. The van der Waals surface area contributed by atoms with Crippen LogP contribution in [0, 0.1) is 0 Å². The summed E-state index contributed by atoms with van der Waals surface area (Å²) in [5.74, 6) is -0.254. The molecule has 4 nitrogen and oxygen atoms in total. The average Bonchev–Trinajstić information content (AvgIpc) is 2.38. The van der Waals surface area contributed by atoms with Crippen molar-refractivity contribution in [1.29, 1.82) is 0 Å². The molecule has 0 heterocycles. The van der Waals surface area contributed by atoms with Gasteiger partial charge < -0.3 is 11.5 Å². The van der Waals surface area contributed by atoms with Crippen LogP contribution in [0.4, 0.5) is 5.69 Å². The zero-order chi connectivity index (χ0) is 14.7.